The molecule has 2 radical (unpaired) electrons. The maximum absolute atomic E-state index is 5.76. The average Bonchev–Trinajstić information content (AvgIpc) is 3.00. The summed E-state index contributed by atoms with van der Waals surface area (Å²) in [6.07, 6.45) is 1.37. The van der Waals surface area contributed by atoms with E-state index in [4.69, 9.17) is 18.0 Å². The number of benzene rings is 1. The van der Waals surface area contributed by atoms with Crippen molar-refractivity contribution in [1.29, 1.82) is 0 Å². The first-order valence-corrected chi connectivity index (χ1v) is 6.63. The van der Waals surface area contributed by atoms with E-state index in [0.717, 1.165) is 17.7 Å². The summed E-state index contributed by atoms with van der Waals surface area (Å²) in [7, 11) is 7.50. The van der Waals surface area contributed by atoms with Crippen LogP contribution in [0.3, 0.4) is 0 Å². The summed E-state index contributed by atoms with van der Waals surface area (Å²) in [5.74, 6) is 0.759. The van der Waals surface area contributed by atoms with E-state index in [1.54, 1.807) is 0 Å². The molecule has 0 atom stereocenters. The number of aromatic nitrogens is 4. The second-order valence-electron chi connectivity index (χ2n) is 4.67. The predicted octanol–water partition coefficient (Wildman–Crippen LogP) is 0.289. The number of nitrogens with two attached hydrogens (primary N) is 1. The molecule has 0 spiro atoms. The minimum absolute atomic E-state index is 0.187. The second kappa shape index (κ2) is 5.94. The fraction of sp³-hybridized carbons (Fsp3) is 0.143. The summed E-state index contributed by atoms with van der Waals surface area (Å²) in [6, 6.07) is 7.81. The molecule has 0 aliphatic heterocycles. The standard InChI is InChI=1S/C14H13BN6O/c1-17-6-8-2-4-9(5-3-8)13-20-21-14(22-13)11-12(16)18-7-10(15)19-11/h2-5,7,17H,6H2,1H3,(H2,16,18). The molecule has 0 unspecified atom stereocenters. The molecule has 0 aliphatic rings. The Bertz CT molecular complexity index is 786. The van der Waals surface area contributed by atoms with Crippen LogP contribution in [0.15, 0.2) is 34.9 Å². The van der Waals surface area contributed by atoms with E-state index >= 15 is 0 Å². The van der Waals surface area contributed by atoms with Gasteiger partial charge in [-0.25, -0.2) is 4.98 Å². The third-order valence-electron chi connectivity index (χ3n) is 3.03. The topological polar surface area (TPSA) is 103 Å². The lowest BCUT2D eigenvalue weighted by Crippen LogP contribution is -2.12. The Morgan fingerprint density at radius 3 is 2.64 bits per heavy atom. The van der Waals surface area contributed by atoms with Crippen molar-refractivity contribution in [1.82, 2.24) is 25.5 Å². The third kappa shape index (κ3) is 2.82. The first kappa shape index (κ1) is 14.2. The van der Waals surface area contributed by atoms with Crippen LogP contribution in [-0.2, 0) is 6.54 Å². The number of hydrogen-bond acceptors (Lipinski definition) is 7. The van der Waals surface area contributed by atoms with Gasteiger partial charge in [-0.3, -0.25) is 4.98 Å². The fourth-order valence-electron chi connectivity index (χ4n) is 1.97. The van der Waals surface area contributed by atoms with Gasteiger partial charge in [0.2, 0.25) is 5.89 Å². The van der Waals surface area contributed by atoms with E-state index in [0.29, 0.717) is 5.89 Å². The zero-order chi connectivity index (χ0) is 15.5. The minimum Gasteiger partial charge on any atom is -0.414 e. The fourth-order valence-corrected chi connectivity index (χ4v) is 1.97. The molecule has 8 heteroatoms. The number of nitrogens with zero attached hydrogens (tertiary/aromatic N) is 4. The molecule has 3 aromatic rings. The van der Waals surface area contributed by atoms with Gasteiger partial charge in [0, 0.05) is 23.9 Å². The molecule has 22 heavy (non-hydrogen) atoms. The Kier molecular flexibility index (Phi) is 3.84. The van der Waals surface area contributed by atoms with Gasteiger partial charge >= 0.3 is 0 Å². The van der Waals surface area contributed by atoms with E-state index < -0.39 is 0 Å². The van der Waals surface area contributed by atoms with Crippen LogP contribution in [0.1, 0.15) is 5.56 Å². The quantitative estimate of drug-likeness (QED) is 0.666. The Labute approximate surface area is 128 Å². The maximum atomic E-state index is 5.76. The molecule has 108 valence electrons. The van der Waals surface area contributed by atoms with Crippen LogP contribution in [0, 0.1) is 0 Å². The Balaban J connectivity index is 1.91. The smallest absolute Gasteiger partial charge is 0.270 e. The Morgan fingerprint density at radius 2 is 1.91 bits per heavy atom. The largest absolute Gasteiger partial charge is 0.414 e. The highest BCUT2D eigenvalue weighted by atomic mass is 16.4. The number of nitrogen functional groups attached to an aromatic ring is 1. The van der Waals surface area contributed by atoms with Crippen LogP contribution in [0.5, 0.6) is 0 Å². The van der Waals surface area contributed by atoms with E-state index in [2.05, 4.69) is 25.5 Å². The third-order valence-corrected chi connectivity index (χ3v) is 3.03. The molecule has 3 rings (SSSR count). The predicted molar refractivity (Wildman–Crippen MR) is 83.3 cm³/mol. The van der Waals surface area contributed by atoms with Crippen molar-refractivity contribution in [3.8, 4) is 23.0 Å². The summed E-state index contributed by atoms with van der Waals surface area (Å²) in [4.78, 5) is 8.00. The van der Waals surface area contributed by atoms with Crippen LogP contribution >= 0.6 is 0 Å². The zero-order valence-corrected chi connectivity index (χ0v) is 11.9. The SMILES string of the molecule is [B]c1cnc(N)c(-c2nnc(-c3ccc(CNC)cc3)o2)n1. The van der Waals surface area contributed by atoms with Crippen LogP contribution < -0.4 is 16.6 Å². The van der Waals surface area contributed by atoms with Crippen molar-refractivity contribution < 1.29 is 4.42 Å². The number of rotatable bonds is 4. The lowest BCUT2D eigenvalue weighted by molar-refractivity contribution is 0.582. The molecule has 2 heterocycles. The van der Waals surface area contributed by atoms with Gasteiger partial charge in [-0.1, -0.05) is 12.1 Å². The summed E-state index contributed by atoms with van der Waals surface area (Å²) >= 11 is 0. The summed E-state index contributed by atoms with van der Waals surface area (Å²) in [5.41, 5.74) is 8.26. The van der Waals surface area contributed by atoms with Gasteiger partial charge in [-0.05, 0) is 24.7 Å². The highest BCUT2D eigenvalue weighted by Gasteiger charge is 2.15. The molecule has 0 saturated heterocycles. The van der Waals surface area contributed by atoms with E-state index in [1.165, 1.54) is 6.20 Å². The first-order chi connectivity index (χ1) is 10.7. The monoisotopic (exact) mass is 292 g/mol. The van der Waals surface area contributed by atoms with E-state index in [9.17, 15) is 0 Å². The van der Waals surface area contributed by atoms with Crippen molar-refractivity contribution in [3.05, 3.63) is 36.0 Å². The molecular weight excluding hydrogens is 279 g/mol. The van der Waals surface area contributed by atoms with Crippen LogP contribution in [0.25, 0.3) is 23.0 Å². The minimum atomic E-state index is 0.187. The Hall–Kier alpha value is -2.74. The van der Waals surface area contributed by atoms with E-state index in [1.807, 2.05) is 31.3 Å². The molecule has 0 bridgehead atoms. The lowest BCUT2D eigenvalue weighted by Gasteiger charge is -2.01. The maximum Gasteiger partial charge on any atom is 0.270 e. The van der Waals surface area contributed by atoms with Gasteiger partial charge < -0.3 is 15.5 Å². The van der Waals surface area contributed by atoms with Crippen molar-refractivity contribution in [3.63, 3.8) is 0 Å². The van der Waals surface area contributed by atoms with Crippen molar-refractivity contribution in [2.75, 3.05) is 12.8 Å². The molecular formula is C14H13BN6O. The molecule has 0 saturated carbocycles. The van der Waals surface area contributed by atoms with Gasteiger partial charge in [0.05, 0.1) is 0 Å². The number of hydrogen-bond donors (Lipinski definition) is 2. The number of nitrogens with one attached hydrogen (secondary N) is 1. The first-order valence-electron chi connectivity index (χ1n) is 6.63. The number of anilines is 1. The molecule has 0 amide bonds. The second-order valence-corrected chi connectivity index (χ2v) is 4.67. The highest BCUT2D eigenvalue weighted by Crippen LogP contribution is 2.24. The van der Waals surface area contributed by atoms with Gasteiger partial charge in [-0.2, -0.15) is 0 Å². The average molecular weight is 292 g/mol. The molecule has 1 aromatic carbocycles. The zero-order valence-electron chi connectivity index (χ0n) is 11.9. The molecule has 3 N–H and O–H groups in total. The Morgan fingerprint density at radius 1 is 1.18 bits per heavy atom. The van der Waals surface area contributed by atoms with Gasteiger partial charge in [0.25, 0.3) is 5.89 Å². The van der Waals surface area contributed by atoms with Gasteiger partial charge in [0.15, 0.2) is 11.5 Å². The van der Waals surface area contributed by atoms with E-state index in [-0.39, 0.29) is 23.0 Å². The molecule has 7 nitrogen and oxygen atoms in total. The van der Waals surface area contributed by atoms with Crippen molar-refractivity contribution in [2.45, 2.75) is 6.54 Å². The van der Waals surface area contributed by atoms with Gasteiger partial charge in [0.1, 0.15) is 7.85 Å². The van der Waals surface area contributed by atoms with Crippen LogP contribution in [0.2, 0.25) is 0 Å². The van der Waals surface area contributed by atoms with Crippen LogP contribution in [-0.4, -0.2) is 35.1 Å². The van der Waals surface area contributed by atoms with Crippen molar-refractivity contribution in [2.24, 2.45) is 0 Å². The summed E-state index contributed by atoms with van der Waals surface area (Å²) < 4.78 is 5.62. The highest BCUT2D eigenvalue weighted by molar-refractivity contribution is 6.30. The lowest BCUT2D eigenvalue weighted by atomic mass is 10.1. The normalized spacial score (nSPS) is 10.8. The van der Waals surface area contributed by atoms with Crippen molar-refractivity contribution >= 4 is 19.3 Å². The molecule has 0 aliphatic carbocycles. The summed E-state index contributed by atoms with van der Waals surface area (Å²) in [5, 5.41) is 11.1. The van der Waals surface area contributed by atoms with Crippen LogP contribution in [0.4, 0.5) is 5.82 Å². The molecule has 2 aromatic heterocycles. The molecule has 0 fully saturated rings. The van der Waals surface area contributed by atoms with Gasteiger partial charge in [-0.15, -0.1) is 10.2 Å². The summed E-state index contributed by atoms with van der Waals surface area (Å²) in [6.45, 7) is 0.796.